The van der Waals surface area contributed by atoms with E-state index in [2.05, 4.69) is 15.4 Å². The number of hydrogen-bond donors (Lipinski definition) is 4. The quantitative estimate of drug-likeness (QED) is 0.381. The molecule has 0 saturated carbocycles. The number of amides is 2. The first-order chi connectivity index (χ1) is 16.3. The van der Waals surface area contributed by atoms with Crippen LogP contribution in [0.1, 0.15) is 29.9 Å². The molecule has 1 aliphatic rings. The van der Waals surface area contributed by atoms with Gasteiger partial charge in [-0.3, -0.25) is 9.59 Å². The highest BCUT2D eigenvalue weighted by Crippen LogP contribution is 2.44. The number of aliphatic carboxylic acids is 1. The number of carboxylic acid groups (broad SMARTS) is 1. The number of alkyl carbamates (subject to hydrolysis) is 1. The molecule has 2 atom stereocenters. The molecule has 34 heavy (non-hydrogen) atoms. The number of carboxylic acids is 1. The third-order valence-corrected chi connectivity index (χ3v) is 5.58. The van der Waals surface area contributed by atoms with Crippen molar-refractivity contribution < 1.29 is 38.9 Å². The maximum Gasteiger partial charge on any atom is 0.407 e. The minimum Gasteiger partial charge on any atom is -0.481 e. The fraction of sp³-hybridized carbons (Fsp3) is 0.333. The van der Waals surface area contributed by atoms with Gasteiger partial charge >= 0.3 is 18.0 Å². The first-order valence-electron chi connectivity index (χ1n) is 10.7. The molecule has 2 aromatic rings. The number of carbonyl (C=O) groups excluding carboxylic acids is 3. The van der Waals surface area contributed by atoms with Crippen LogP contribution in [-0.4, -0.2) is 66.6 Å². The summed E-state index contributed by atoms with van der Waals surface area (Å²) in [6.45, 7) is -0.719. The first-order valence-corrected chi connectivity index (χ1v) is 10.7. The van der Waals surface area contributed by atoms with Crippen molar-refractivity contribution in [3.05, 3.63) is 59.7 Å². The summed E-state index contributed by atoms with van der Waals surface area (Å²) in [5.41, 5.74) is 4.15. The molecule has 0 spiro atoms. The monoisotopic (exact) mass is 470 g/mol. The van der Waals surface area contributed by atoms with Gasteiger partial charge in [0.05, 0.1) is 13.7 Å². The van der Waals surface area contributed by atoms with Crippen molar-refractivity contribution in [1.82, 2.24) is 10.6 Å². The van der Waals surface area contributed by atoms with Crippen molar-refractivity contribution in [2.75, 3.05) is 20.3 Å². The van der Waals surface area contributed by atoms with Crippen molar-refractivity contribution in [3.63, 3.8) is 0 Å². The van der Waals surface area contributed by atoms with Crippen LogP contribution >= 0.6 is 0 Å². The molecule has 2 aromatic carbocycles. The van der Waals surface area contributed by atoms with Gasteiger partial charge in [0, 0.05) is 12.3 Å². The predicted octanol–water partition coefficient (Wildman–Crippen LogP) is 1.41. The lowest BCUT2D eigenvalue weighted by Crippen LogP contribution is -2.53. The summed E-state index contributed by atoms with van der Waals surface area (Å²) in [4.78, 5) is 47.7. The third-order valence-electron chi connectivity index (χ3n) is 5.58. The van der Waals surface area contributed by atoms with Crippen molar-refractivity contribution in [2.24, 2.45) is 0 Å². The molecule has 1 unspecified atom stereocenters. The number of fused-ring (bicyclic) bond motifs is 3. The average molecular weight is 470 g/mol. The Morgan fingerprint density at radius 3 is 2.06 bits per heavy atom. The maximum atomic E-state index is 12.6. The number of benzene rings is 2. The van der Waals surface area contributed by atoms with Crippen LogP contribution in [0.25, 0.3) is 11.1 Å². The number of esters is 1. The van der Waals surface area contributed by atoms with Crippen LogP contribution in [0.2, 0.25) is 0 Å². The molecular weight excluding hydrogens is 444 g/mol. The van der Waals surface area contributed by atoms with Crippen LogP contribution < -0.4 is 10.6 Å². The smallest absolute Gasteiger partial charge is 0.407 e. The first kappa shape index (κ1) is 24.7. The second kappa shape index (κ2) is 11.3. The van der Waals surface area contributed by atoms with Crippen molar-refractivity contribution in [3.8, 4) is 11.1 Å². The zero-order valence-electron chi connectivity index (χ0n) is 18.5. The standard InChI is InChI=1S/C24H26N2O8/c1-33-23(31)20(12-27)25-22(30)19(10-11-21(28)29)26-24(32)34-13-18-16-8-4-2-6-14(16)15-7-3-5-9-17(15)18/h2-9,18-20,27H,10-13H2,1H3,(H,25,30)(H,26,32)(H,28,29)/t19?,20-/m0/s1. The van der Waals surface area contributed by atoms with E-state index < -0.39 is 49.1 Å². The van der Waals surface area contributed by atoms with Gasteiger partial charge in [0.1, 0.15) is 12.6 Å². The molecule has 3 rings (SSSR count). The summed E-state index contributed by atoms with van der Waals surface area (Å²) in [7, 11) is 1.09. The second-order valence-electron chi connectivity index (χ2n) is 7.72. The van der Waals surface area contributed by atoms with Gasteiger partial charge in [-0.2, -0.15) is 0 Å². The van der Waals surface area contributed by atoms with Crippen LogP contribution in [-0.2, 0) is 23.9 Å². The van der Waals surface area contributed by atoms with Crippen LogP contribution in [0.3, 0.4) is 0 Å². The molecule has 0 aliphatic heterocycles. The van der Waals surface area contributed by atoms with Crippen LogP contribution in [0.15, 0.2) is 48.5 Å². The van der Waals surface area contributed by atoms with E-state index in [4.69, 9.17) is 9.84 Å². The lowest BCUT2D eigenvalue weighted by molar-refractivity contribution is -0.146. The van der Waals surface area contributed by atoms with E-state index in [0.717, 1.165) is 29.4 Å². The van der Waals surface area contributed by atoms with E-state index in [1.54, 1.807) is 0 Å². The Hall–Kier alpha value is -3.92. The largest absolute Gasteiger partial charge is 0.481 e. The number of ether oxygens (including phenoxy) is 2. The van der Waals surface area contributed by atoms with Crippen LogP contribution in [0.5, 0.6) is 0 Å². The number of carbonyl (C=O) groups is 4. The van der Waals surface area contributed by atoms with E-state index in [-0.39, 0.29) is 18.9 Å². The number of aliphatic hydroxyl groups excluding tert-OH is 1. The second-order valence-corrected chi connectivity index (χ2v) is 7.72. The Morgan fingerprint density at radius 2 is 1.53 bits per heavy atom. The average Bonchev–Trinajstić information content (AvgIpc) is 3.16. The van der Waals surface area contributed by atoms with E-state index in [1.807, 2.05) is 48.5 Å². The molecule has 0 aromatic heterocycles. The van der Waals surface area contributed by atoms with E-state index in [9.17, 15) is 24.3 Å². The van der Waals surface area contributed by atoms with Gasteiger partial charge in [0.25, 0.3) is 0 Å². The summed E-state index contributed by atoms with van der Waals surface area (Å²) in [5.74, 6) is -3.09. The lowest BCUT2D eigenvalue weighted by Gasteiger charge is -2.21. The third kappa shape index (κ3) is 5.70. The SMILES string of the molecule is COC(=O)[C@H](CO)NC(=O)C(CCC(=O)O)NC(=O)OCC1c2ccccc2-c2ccccc21. The lowest BCUT2D eigenvalue weighted by atomic mass is 9.98. The zero-order chi connectivity index (χ0) is 24.7. The Morgan fingerprint density at radius 1 is 0.941 bits per heavy atom. The summed E-state index contributed by atoms with van der Waals surface area (Å²) in [5, 5.41) is 22.9. The molecule has 2 amide bonds. The molecule has 10 heteroatoms. The van der Waals surface area contributed by atoms with Gasteiger partial charge in [0.15, 0.2) is 6.04 Å². The number of nitrogens with one attached hydrogen (secondary N) is 2. The Kier molecular flexibility index (Phi) is 8.20. The molecule has 1 aliphatic carbocycles. The summed E-state index contributed by atoms with van der Waals surface area (Å²) in [6, 6.07) is 13.0. The summed E-state index contributed by atoms with van der Waals surface area (Å²) >= 11 is 0. The van der Waals surface area contributed by atoms with Crippen molar-refractivity contribution in [2.45, 2.75) is 30.8 Å². The molecule has 0 saturated heterocycles. The minimum absolute atomic E-state index is 0.00849. The van der Waals surface area contributed by atoms with Gasteiger partial charge in [0.2, 0.25) is 5.91 Å². The fourth-order valence-electron chi connectivity index (χ4n) is 3.91. The normalized spacial score (nSPS) is 13.7. The zero-order valence-corrected chi connectivity index (χ0v) is 18.5. The molecule has 180 valence electrons. The van der Waals surface area contributed by atoms with Crippen LogP contribution in [0, 0.1) is 0 Å². The van der Waals surface area contributed by atoms with E-state index in [0.29, 0.717) is 0 Å². The maximum absolute atomic E-state index is 12.6. The number of rotatable bonds is 10. The van der Waals surface area contributed by atoms with Gasteiger partial charge in [-0.25, -0.2) is 9.59 Å². The van der Waals surface area contributed by atoms with Gasteiger partial charge in [-0.1, -0.05) is 48.5 Å². The molecule has 0 heterocycles. The molecular formula is C24H26N2O8. The molecule has 10 nitrogen and oxygen atoms in total. The van der Waals surface area contributed by atoms with E-state index in [1.165, 1.54) is 0 Å². The Bertz CT molecular complexity index is 1020. The number of hydrogen-bond acceptors (Lipinski definition) is 7. The van der Waals surface area contributed by atoms with E-state index >= 15 is 0 Å². The number of methoxy groups -OCH3 is 1. The highest BCUT2D eigenvalue weighted by molar-refractivity contribution is 5.90. The van der Waals surface area contributed by atoms with Gasteiger partial charge in [-0.05, 0) is 28.7 Å². The Balaban J connectivity index is 1.67. The highest BCUT2D eigenvalue weighted by Gasteiger charge is 2.31. The topological polar surface area (TPSA) is 151 Å². The number of aliphatic hydroxyl groups is 1. The Labute approximate surface area is 195 Å². The predicted molar refractivity (Wildman–Crippen MR) is 120 cm³/mol. The fourth-order valence-corrected chi connectivity index (χ4v) is 3.91. The molecule has 4 N–H and O–H groups in total. The summed E-state index contributed by atoms with van der Waals surface area (Å²) in [6.07, 6.45) is -1.57. The van der Waals surface area contributed by atoms with Crippen molar-refractivity contribution >= 4 is 23.9 Å². The molecule has 0 fully saturated rings. The van der Waals surface area contributed by atoms with Crippen molar-refractivity contribution in [1.29, 1.82) is 0 Å². The summed E-state index contributed by atoms with van der Waals surface area (Å²) < 4.78 is 9.90. The minimum atomic E-state index is -1.35. The molecule has 0 bridgehead atoms. The highest BCUT2D eigenvalue weighted by atomic mass is 16.5. The van der Waals surface area contributed by atoms with Gasteiger partial charge < -0.3 is 30.3 Å². The van der Waals surface area contributed by atoms with Crippen LogP contribution in [0.4, 0.5) is 4.79 Å². The molecule has 0 radical (unpaired) electrons. The van der Waals surface area contributed by atoms with Gasteiger partial charge in [-0.15, -0.1) is 0 Å².